The normalized spacial score (nSPS) is 33.4. The molecule has 88 valence electrons. The van der Waals surface area contributed by atoms with E-state index in [-0.39, 0.29) is 6.29 Å². The molecule has 0 amide bonds. The minimum Gasteiger partial charge on any atom is -0.302 e. The Morgan fingerprint density at radius 3 is 2.33 bits per heavy atom. The van der Waals surface area contributed by atoms with Crippen molar-refractivity contribution in [3.8, 4) is 0 Å². The predicted molar refractivity (Wildman–Crippen MR) is 68.1 cm³/mol. The molecule has 1 saturated carbocycles. The van der Waals surface area contributed by atoms with Crippen molar-refractivity contribution in [1.29, 1.82) is 0 Å². The Labute approximate surface area is 103 Å². The fourth-order valence-corrected chi connectivity index (χ4v) is 3.15. The van der Waals surface area contributed by atoms with Gasteiger partial charge in [0, 0.05) is 6.04 Å². The van der Waals surface area contributed by atoms with Crippen LogP contribution in [0.5, 0.6) is 0 Å². The van der Waals surface area contributed by atoms with Gasteiger partial charge in [0.2, 0.25) is 0 Å². The molecular weight excluding hydrogens is 228 g/mol. The van der Waals surface area contributed by atoms with Gasteiger partial charge in [0.15, 0.2) is 0 Å². The Hall–Kier alpha value is 0.540. The standard InChI is InChI=1S/C9H20N4S2/c10-9-12(6-11(14)7-13(9)15)8-4-2-1-3-5-8/h8-9,14-15H,1-7,10H2. The number of hydrogen-bond acceptors (Lipinski definition) is 6. The molecule has 2 fully saturated rings. The van der Waals surface area contributed by atoms with Gasteiger partial charge in [-0.2, -0.15) is 0 Å². The van der Waals surface area contributed by atoms with Crippen molar-refractivity contribution in [2.45, 2.75) is 44.4 Å². The minimum absolute atomic E-state index is 0.0696. The number of nitrogens with zero attached hydrogens (tertiary/aromatic N) is 3. The second kappa shape index (κ2) is 5.25. The van der Waals surface area contributed by atoms with Crippen molar-refractivity contribution in [2.24, 2.45) is 5.73 Å². The van der Waals surface area contributed by atoms with Crippen LogP contribution in [0, 0.1) is 0 Å². The maximum atomic E-state index is 6.13. The first-order valence-electron chi connectivity index (χ1n) is 5.59. The van der Waals surface area contributed by atoms with Crippen LogP contribution in [0.15, 0.2) is 0 Å². The summed E-state index contributed by atoms with van der Waals surface area (Å²) in [5.74, 6) is 0. The SMILES string of the molecule is NC1N(S)CN(S)CN1C1CCCCC1. The van der Waals surface area contributed by atoms with Crippen molar-refractivity contribution < 1.29 is 0 Å². The summed E-state index contributed by atoms with van der Waals surface area (Å²) >= 11 is 8.76. The van der Waals surface area contributed by atoms with Crippen LogP contribution in [0.25, 0.3) is 0 Å². The van der Waals surface area contributed by atoms with Gasteiger partial charge in [0.1, 0.15) is 6.29 Å². The van der Waals surface area contributed by atoms with Crippen LogP contribution in [0.2, 0.25) is 0 Å². The Morgan fingerprint density at radius 2 is 1.67 bits per heavy atom. The van der Waals surface area contributed by atoms with Crippen molar-refractivity contribution >= 4 is 25.6 Å². The van der Waals surface area contributed by atoms with E-state index < -0.39 is 0 Å². The van der Waals surface area contributed by atoms with Crippen molar-refractivity contribution in [3.63, 3.8) is 0 Å². The molecule has 0 aromatic heterocycles. The Balaban J connectivity index is 1.98. The van der Waals surface area contributed by atoms with Crippen LogP contribution in [0.3, 0.4) is 0 Å². The van der Waals surface area contributed by atoms with Gasteiger partial charge >= 0.3 is 0 Å². The molecule has 6 heteroatoms. The van der Waals surface area contributed by atoms with Gasteiger partial charge < -0.3 is 5.73 Å². The molecule has 15 heavy (non-hydrogen) atoms. The summed E-state index contributed by atoms with van der Waals surface area (Å²) in [5.41, 5.74) is 6.13. The van der Waals surface area contributed by atoms with Crippen molar-refractivity contribution in [3.05, 3.63) is 0 Å². The highest BCUT2D eigenvalue weighted by atomic mass is 32.1. The van der Waals surface area contributed by atoms with E-state index in [4.69, 9.17) is 5.73 Å². The Kier molecular flexibility index (Phi) is 4.20. The third kappa shape index (κ3) is 2.81. The maximum absolute atomic E-state index is 6.13. The highest BCUT2D eigenvalue weighted by Crippen LogP contribution is 2.27. The molecule has 0 bridgehead atoms. The van der Waals surface area contributed by atoms with E-state index in [9.17, 15) is 0 Å². The Morgan fingerprint density at radius 1 is 1.00 bits per heavy atom. The molecule has 1 aliphatic carbocycles. The number of rotatable bonds is 1. The molecule has 2 rings (SSSR count). The lowest BCUT2D eigenvalue weighted by Gasteiger charge is -2.47. The molecule has 0 aromatic carbocycles. The second-order valence-electron chi connectivity index (χ2n) is 4.45. The zero-order valence-electron chi connectivity index (χ0n) is 8.92. The number of nitrogens with two attached hydrogens (primary N) is 1. The van der Waals surface area contributed by atoms with E-state index in [2.05, 4.69) is 30.5 Å². The third-order valence-electron chi connectivity index (χ3n) is 3.32. The van der Waals surface area contributed by atoms with Gasteiger partial charge in [-0.3, -0.25) is 4.90 Å². The summed E-state index contributed by atoms with van der Waals surface area (Å²) in [4.78, 5) is 2.31. The lowest BCUT2D eigenvalue weighted by molar-refractivity contribution is -0.0284. The average molecular weight is 248 g/mol. The molecule has 1 unspecified atom stereocenters. The summed E-state index contributed by atoms with van der Waals surface area (Å²) in [6.45, 7) is 1.54. The maximum Gasteiger partial charge on any atom is 0.126 e. The third-order valence-corrected chi connectivity index (χ3v) is 3.94. The number of hydrogen-bond donors (Lipinski definition) is 3. The average Bonchev–Trinajstić information content (AvgIpc) is 2.24. The minimum atomic E-state index is -0.0696. The van der Waals surface area contributed by atoms with Crippen LogP contribution >= 0.6 is 25.6 Å². The smallest absolute Gasteiger partial charge is 0.126 e. The van der Waals surface area contributed by atoms with Crippen LogP contribution in [0.1, 0.15) is 32.1 Å². The highest BCUT2D eigenvalue weighted by molar-refractivity contribution is 7.78. The van der Waals surface area contributed by atoms with Crippen molar-refractivity contribution in [2.75, 3.05) is 13.3 Å². The molecule has 2 aliphatic rings. The lowest BCUT2D eigenvalue weighted by Crippen LogP contribution is -2.63. The van der Waals surface area contributed by atoms with E-state index in [0.717, 1.165) is 6.67 Å². The largest absolute Gasteiger partial charge is 0.302 e. The molecule has 1 aliphatic heterocycles. The van der Waals surface area contributed by atoms with Gasteiger partial charge in [0.05, 0.1) is 13.3 Å². The van der Waals surface area contributed by atoms with E-state index >= 15 is 0 Å². The Bertz CT molecular complexity index is 210. The van der Waals surface area contributed by atoms with E-state index in [1.165, 1.54) is 32.1 Å². The van der Waals surface area contributed by atoms with Gasteiger partial charge in [-0.15, -0.1) is 0 Å². The molecule has 0 aromatic rings. The first kappa shape index (κ1) is 12.0. The molecular formula is C9H20N4S2. The summed E-state index contributed by atoms with van der Waals surface area (Å²) in [7, 11) is 0. The fraction of sp³-hybridized carbons (Fsp3) is 1.00. The second-order valence-corrected chi connectivity index (χ2v) is 5.53. The highest BCUT2D eigenvalue weighted by Gasteiger charge is 2.33. The first-order chi connectivity index (χ1) is 7.18. The molecule has 1 saturated heterocycles. The quantitative estimate of drug-likeness (QED) is 0.607. The van der Waals surface area contributed by atoms with Crippen LogP contribution in [-0.2, 0) is 0 Å². The van der Waals surface area contributed by atoms with Gasteiger partial charge in [0.25, 0.3) is 0 Å². The molecule has 1 heterocycles. The van der Waals surface area contributed by atoms with Gasteiger partial charge in [-0.05, 0) is 12.8 Å². The topological polar surface area (TPSA) is 35.7 Å². The summed E-state index contributed by atoms with van der Waals surface area (Å²) in [6.07, 6.45) is 6.47. The monoisotopic (exact) mass is 248 g/mol. The van der Waals surface area contributed by atoms with E-state index in [1.807, 2.05) is 8.61 Å². The van der Waals surface area contributed by atoms with E-state index in [1.54, 1.807) is 0 Å². The van der Waals surface area contributed by atoms with Gasteiger partial charge in [-0.25, -0.2) is 8.61 Å². The summed E-state index contributed by atoms with van der Waals surface area (Å²) < 4.78 is 3.79. The van der Waals surface area contributed by atoms with Crippen molar-refractivity contribution in [1.82, 2.24) is 13.5 Å². The van der Waals surface area contributed by atoms with Crippen LogP contribution in [0.4, 0.5) is 0 Å². The van der Waals surface area contributed by atoms with Crippen LogP contribution < -0.4 is 5.73 Å². The summed E-state index contributed by atoms with van der Waals surface area (Å²) in [5, 5.41) is 0. The predicted octanol–water partition coefficient (Wildman–Crippen LogP) is 1.09. The zero-order valence-corrected chi connectivity index (χ0v) is 10.7. The number of thiol groups is 2. The first-order valence-corrected chi connectivity index (χ1v) is 6.39. The molecule has 0 radical (unpaired) electrons. The molecule has 0 spiro atoms. The lowest BCUT2D eigenvalue weighted by atomic mass is 9.94. The summed E-state index contributed by atoms with van der Waals surface area (Å²) in [6, 6.07) is 0.610. The van der Waals surface area contributed by atoms with Crippen LogP contribution in [-0.4, -0.2) is 39.2 Å². The fourth-order valence-electron chi connectivity index (χ4n) is 2.48. The molecule has 1 atom stereocenters. The molecule has 4 nitrogen and oxygen atoms in total. The molecule has 2 N–H and O–H groups in total. The van der Waals surface area contributed by atoms with Gasteiger partial charge in [-0.1, -0.05) is 44.9 Å². The zero-order chi connectivity index (χ0) is 10.8. The van der Waals surface area contributed by atoms with E-state index in [0.29, 0.717) is 12.7 Å².